The summed E-state index contributed by atoms with van der Waals surface area (Å²) in [5.74, 6) is 2.07. The molecule has 31 heavy (non-hydrogen) atoms. The molecule has 1 aliphatic rings. The smallest absolute Gasteiger partial charge is 0.262 e. The Morgan fingerprint density at radius 3 is 2.97 bits per heavy atom. The Hall–Kier alpha value is -2.49. The van der Waals surface area contributed by atoms with Crippen molar-refractivity contribution in [2.24, 2.45) is 0 Å². The van der Waals surface area contributed by atoms with Crippen LogP contribution in [0.15, 0.2) is 56.3 Å². The molecule has 160 valence electrons. The first kappa shape index (κ1) is 20.4. The average Bonchev–Trinajstić information content (AvgIpc) is 3.56. The van der Waals surface area contributed by atoms with Gasteiger partial charge >= 0.3 is 0 Å². The minimum Gasteiger partial charge on any atom is -0.376 e. The number of thioether (sulfide) groups is 1. The van der Waals surface area contributed by atoms with Crippen LogP contribution in [0.2, 0.25) is 0 Å². The number of aromatic nitrogens is 4. The van der Waals surface area contributed by atoms with Gasteiger partial charge in [0.1, 0.15) is 0 Å². The van der Waals surface area contributed by atoms with E-state index in [1.807, 2.05) is 41.8 Å². The van der Waals surface area contributed by atoms with E-state index in [2.05, 4.69) is 10.1 Å². The molecule has 7 nitrogen and oxygen atoms in total. The van der Waals surface area contributed by atoms with E-state index >= 15 is 0 Å². The minimum absolute atomic E-state index is 0.00101. The highest BCUT2D eigenvalue weighted by Crippen LogP contribution is 2.24. The molecule has 1 aromatic carbocycles. The van der Waals surface area contributed by atoms with Crippen molar-refractivity contribution in [3.8, 4) is 10.7 Å². The fourth-order valence-electron chi connectivity index (χ4n) is 3.66. The van der Waals surface area contributed by atoms with Crippen molar-refractivity contribution in [1.82, 2.24) is 19.7 Å². The van der Waals surface area contributed by atoms with Crippen LogP contribution in [0.4, 0.5) is 0 Å². The summed E-state index contributed by atoms with van der Waals surface area (Å²) in [5.41, 5.74) is 0.733. The largest absolute Gasteiger partial charge is 0.376 e. The Balaban J connectivity index is 1.28. The number of rotatable bonds is 8. The molecule has 4 heterocycles. The van der Waals surface area contributed by atoms with E-state index in [-0.39, 0.29) is 11.7 Å². The van der Waals surface area contributed by atoms with Gasteiger partial charge in [0.25, 0.3) is 5.56 Å². The zero-order valence-corrected chi connectivity index (χ0v) is 18.5. The lowest BCUT2D eigenvalue weighted by Gasteiger charge is -2.16. The first-order chi connectivity index (χ1) is 15.3. The zero-order valence-electron chi connectivity index (χ0n) is 16.9. The third-order valence-electron chi connectivity index (χ3n) is 5.21. The molecule has 3 aromatic heterocycles. The standard InChI is InChI=1S/C22H22N4O3S2/c27-21-16-7-1-2-8-17(16)23-22(26(21)14-15-6-3-11-28-15)31-13-5-10-19-24-20(25-29-19)18-9-4-12-30-18/h1-2,4,7-9,12,15H,3,5-6,10-11,13-14H2. The van der Waals surface area contributed by atoms with Gasteiger partial charge in [0.15, 0.2) is 5.16 Å². The maximum Gasteiger partial charge on any atom is 0.262 e. The van der Waals surface area contributed by atoms with Crippen molar-refractivity contribution >= 4 is 34.0 Å². The number of benzene rings is 1. The number of para-hydroxylation sites is 1. The predicted molar refractivity (Wildman–Crippen MR) is 122 cm³/mol. The molecule has 0 aliphatic carbocycles. The number of ether oxygens (including phenoxy) is 1. The lowest BCUT2D eigenvalue weighted by molar-refractivity contribution is 0.0937. The van der Waals surface area contributed by atoms with E-state index in [0.29, 0.717) is 30.1 Å². The molecule has 0 amide bonds. The van der Waals surface area contributed by atoms with Crippen molar-refractivity contribution in [2.45, 2.75) is 43.5 Å². The number of thiophene rings is 1. The highest BCUT2D eigenvalue weighted by atomic mass is 32.2. The molecule has 1 unspecified atom stereocenters. The normalized spacial score (nSPS) is 16.3. The second-order valence-electron chi connectivity index (χ2n) is 7.40. The summed E-state index contributed by atoms with van der Waals surface area (Å²) in [6.45, 7) is 1.31. The molecule has 1 fully saturated rings. The molecule has 5 rings (SSSR count). The monoisotopic (exact) mass is 454 g/mol. The van der Waals surface area contributed by atoms with Crippen LogP contribution >= 0.6 is 23.1 Å². The molecule has 0 N–H and O–H groups in total. The molecule has 1 aliphatic heterocycles. The van der Waals surface area contributed by atoms with E-state index in [0.717, 1.165) is 47.2 Å². The van der Waals surface area contributed by atoms with Gasteiger partial charge in [0, 0.05) is 18.8 Å². The molecule has 1 saturated heterocycles. The summed E-state index contributed by atoms with van der Waals surface area (Å²) in [5, 5.41) is 7.44. The van der Waals surface area contributed by atoms with Crippen molar-refractivity contribution in [2.75, 3.05) is 12.4 Å². The third kappa shape index (κ3) is 4.58. The van der Waals surface area contributed by atoms with Crippen molar-refractivity contribution in [1.29, 1.82) is 0 Å². The fraction of sp³-hybridized carbons (Fsp3) is 0.364. The molecule has 1 atom stereocenters. The molecule has 9 heteroatoms. The molecule has 4 aromatic rings. The Morgan fingerprint density at radius 2 is 2.13 bits per heavy atom. The van der Waals surface area contributed by atoms with Crippen molar-refractivity contribution in [3.63, 3.8) is 0 Å². The highest BCUT2D eigenvalue weighted by molar-refractivity contribution is 7.99. The van der Waals surface area contributed by atoms with Gasteiger partial charge in [0.2, 0.25) is 11.7 Å². The Labute approximate surface area is 187 Å². The average molecular weight is 455 g/mol. The summed E-state index contributed by atoms with van der Waals surface area (Å²) >= 11 is 3.18. The van der Waals surface area contributed by atoms with E-state index < -0.39 is 0 Å². The maximum absolute atomic E-state index is 13.1. The Kier molecular flexibility index (Phi) is 6.15. The van der Waals surface area contributed by atoms with Gasteiger partial charge in [-0.25, -0.2) is 4.98 Å². The first-order valence-corrected chi connectivity index (χ1v) is 12.2. The molecule has 0 bridgehead atoms. The quantitative estimate of drug-likeness (QED) is 0.221. The van der Waals surface area contributed by atoms with Crippen LogP contribution in [0.3, 0.4) is 0 Å². The number of hydrogen-bond donors (Lipinski definition) is 0. The maximum atomic E-state index is 13.1. The van der Waals surface area contributed by atoms with Gasteiger partial charge in [-0.1, -0.05) is 35.1 Å². The van der Waals surface area contributed by atoms with Gasteiger partial charge in [-0.2, -0.15) is 4.98 Å². The van der Waals surface area contributed by atoms with E-state index in [9.17, 15) is 4.79 Å². The van der Waals surface area contributed by atoms with Crippen LogP contribution in [0.25, 0.3) is 21.6 Å². The molecular formula is C22H22N4O3S2. The van der Waals surface area contributed by atoms with Crippen LogP contribution in [0.1, 0.15) is 25.2 Å². The summed E-state index contributed by atoms with van der Waals surface area (Å²) in [6, 6.07) is 11.5. The van der Waals surface area contributed by atoms with Crippen LogP contribution in [-0.4, -0.2) is 38.2 Å². The first-order valence-electron chi connectivity index (χ1n) is 10.4. The van der Waals surface area contributed by atoms with E-state index in [1.165, 1.54) is 0 Å². The highest BCUT2D eigenvalue weighted by Gasteiger charge is 2.20. The van der Waals surface area contributed by atoms with Crippen LogP contribution in [-0.2, 0) is 17.7 Å². The number of aryl methyl sites for hydroxylation is 1. The second-order valence-corrected chi connectivity index (χ2v) is 9.41. The van der Waals surface area contributed by atoms with E-state index in [4.69, 9.17) is 14.2 Å². The van der Waals surface area contributed by atoms with Crippen molar-refractivity contribution in [3.05, 3.63) is 58.0 Å². The Morgan fingerprint density at radius 1 is 1.19 bits per heavy atom. The summed E-state index contributed by atoms with van der Waals surface area (Å²) in [6.07, 6.45) is 3.64. The molecule has 0 saturated carbocycles. The number of hydrogen-bond acceptors (Lipinski definition) is 8. The SMILES string of the molecule is O=c1c2ccccc2nc(SCCCc2nc(-c3cccs3)no2)n1CC1CCCO1. The van der Waals surface area contributed by atoms with Crippen molar-refractivity contribution < 1.29 is 9.26 Å². The topological polar surface area (TPSA) is 83.0 Å². The Bertz CT molecular complexity index is 1210. The van der Waals surface area contributed by atoms with Crippen LogP contribution in [0, 0.1) is 0 Å². The third-order valence-corrected chi connectivity index (χ3v) is 7.14. The lowest BCUT2D eigenvalue weighted by Crippen LogP contribution is -2.28. The molecule has 0 spiro atoms. The molecule has 0 radical (unpaired) electrons. The van der Waals surface area contributed by atoms with Gasteiger partial charge in [-0.3, -0.25) is 9.36 Å². The number of fused-ring (bicyclic) bond motifs is 1. The van der Waals surface area contributed by atoms with Gasteiger partial charge in [-0.15, -0.1) is 11.3 Å². The second kappa shape index (κ2) is 9.33. The minimum atomic E-state index is 0.00101. The van der Waals surface area contributed by atoms with Gasteiger partial charge in [-0.05, 0) is 42.8 Å². The van der Waals surface area contributed by atoms with Gasteiger partial charge < -0.3 is 9.26 Å². The van der Waals surface area contributed by atoms with E-state index in [1.54, 1.807) is 27.7 Å². The zero-order chi connectivity index (χ0) is 21.0. The number of nitrogens with zero attached hydrogens (tertiary/aromatic N) is 4. The molecular weight excluding hydrogens is 432 g/mol. The van der Waals surface area contributed by atoms with Crippen LogP contribution < -0.4 is 5.56 Å². The lowest BCUT2D eigenvalue weighted by atomic mass is 10.2. The predicted octanol–water partition coefficient (Wildman–Crippen LogP) is 4.41. The summed E-state index contributed by atoms with van der Waals surface area (Å²) in [7, 11) is 0. The van der Waals surface area contributed by atoms with Crippen LogP contribution in [0.5, 0.6) is 0 Å². The summed E-state index contributed by atoms with van der Waals surface area (Å²) < 4.78 is 12.9. The summed E-state index contributed by atoms with van der Waals surface area (Å²) in [4.78, 5) is 23.4. The van der Waals surface area contributed by atoms with Gasteiger partial charge in [0.05, 0.1) is 28.4 Å². The fourth-order valence-corrected chi connectivity index (χ4v) is 5.26.